The molecule has 0 spiro atoms. The Morgan fingerprint density at radius 2 is 1.41 bits per heavy atom. The van der Waals surface area contributed by atoms with E-state index in [9.17, 15) is 0 Å². The molecule has 152 valence electrons. The van der Waals surface area contributed by atoms with Gasteiger partial charge in [-0.15, -0.1) is 0 Å². The Morgan fingerprint density at radius 1 is 0.862 bits per heavy atom. The van der Waals surface area contributed by atoms with Gasteiger partial charge in [-0.05, 0) is 54.8 Å². The minimum atomic E-state index is -2.02. The van der Waals surface area contributed by atoms with Crippen molar-refractivity contribution in [2.75, 3.05) is 19.8 Å². The first kappa shape index (κ1) is 21.4. The number of benzene rings is 3. The number of hydrogen-bond acceptors (Lipinski definition) is 3. The van der Waals surface area contributed by atoms with Crippen LogP contribution in [0.4, 0.5) is 5.69 Å². The second-order valence-corrected chi connectivity index (χ2v) is 10.4. The number of ether oxygens (including phenoxy) is 1. The van der Waals surface area contributed by atoms with Crippen LogP contribution >= 0.6 is 7.05 Å². The molecule has 29 heavy (non-hydrogen) atoms. The van der Waals surface area contributed by atoms with Gasteiger partial charge in [0.25, 0.3) is 0 Å². The van der Waals surface area contributed by atoms with E-state index < -0.39 is 7.05 Å². The molecule has 0 aromatic heterocycles. The highest BCUT2D eigenvalue weighted by Crippen LogP contribution is 2.50. The van der Waals surface area contributed by atoms with Crippen LogP contribution in [0.2, 0.25) is 0 Å². The average Bonchev–Trinajstić information content (AvgIpc) is 2.79. The van der Waals surface area contributed by atoms with Crippen LogP contribution in [0.1, 0.15) is 20.3 Å². The molecule has 1 N–H and O–H groups in total. The van der Waals surface area contributed by atoms with Crippen molar-refractivity contribution in [3.8, 4) is 5.75 Å². The second kappa shape index (κ2) is 10.4. The Balaban J connectivity index is 2.19. The Kier molecular flexibility index (Phi) is 7.69. The molecule has 4 heteroatoms. The second-order valence-electron chi connectivity index (χ2n) is 7.28. The molecule has 3 aromatic rings. The van der Waals surface area contributed by atoms with Crippen molar-refractivity contribution >= 4 is 23.4 Å². The summed E-state index contributed by atoms with van der Waals surface area (Å²) in [6, 6.07) is 30.1. The average molecular weight is 407 g/mol. The summed E-state index contributed by atoms with van der Waals surface area (Å²) in [4.78, 5) is 0. The fourth-order valence-corrected chi connectivity index (χ4v) is 7.38. The van der Waals surface area contributed by atoms with E-state index in [0.29, 0.717) is 6.04 Å². The normalized spacial score (nSPS) is 12.4. The summed E-state index contributed by atoms with van der Waals surface area (Å²) >= 11 is 0. The quantitative estimate of drug-likeness (QED) is 0.472. The molecule has 0 bridgehead atoms. The zero-order valence-electron chi connectivity index (χ0n) is 17.6. The van der Waals surface area contributed by atoms with Gasteiger partial charge in [0.2, 0.25) is 0 Å². The third-order valence-electron chi connectivity index (χ3n) is 5.01. The van der Waals surface area contributed by atoms with Gasteiger partial charge in [-0.2, -0.15) is 0 Å². The number of nitrogens with zero attached hydrogens (tertiary/aromatic N) is 1. The maximum atomic E-state index is 5.47. The lowest BCUT2D eigenvalue weighted by Crippen LogP contribution is -2.34. The zero-order chi connectivity index (χ0) is 20.5. The topological polar surface area (TPSA) is 33.6 Å². The summed E-state index contributed by atoms with van der Waals surface area (Å²) in [5, 5.41) is 6.30. The maximum Gasteiger partial charge on any atom is 0.119 e. The number of rotatable bonds is 9. The third kappa shape index (κ3) is 5.38. The van der Waals surface area contributed by atoms with E-state index in [-0.39, 0.29) is 0 Å². The van der Waals surface area contributed by atoms with Crippen molar-refractivity contribution in [1.82, 2.24) is 5.32 Å². The minimum absolute atomic E-state index is 0.366. The van der Waals surface area contributed by atoms with Crippen molar-refractivity contribution in [1.29, 1.82) is 0 Å². The van der Waals surface area contributed by atoms with E-state index in [1.807, 2.05) is 12.1 Å². The summed E-state index contributed by atoms with van der Waals surface area (Å²) in [5.41, 5.74) is 0.995. The van der Waals surface area contributed by atoms with Crippen molar-refractivity contribution in [3.05, 3.63) is 84.9 Å². The Labute approximate surface area is 175 Å². The first-order valence-corrected chi connectivity index (χ1v) is 12.2. The molecule has 3 nitrogen and oxygen atoms in total. The molecular weight excluding hydrogens is 375 g/mol. The highest BCUT2D eigenvalue weighted by Gasteiger charge is 2.27. The van der Waals surface area contributed by atoms with E-state index in [4.69, 9.17) is 9.48 Å². The predicted octanol–water partition coefficient (Wildman–Crippen LogP) is 5.57. The number of nitrogens with one attached hydrogen (secondary N) is 1. The van der Waals surface area contributed by atoms with Crippen LogP contribution in [-0.2, 0) is 0 Å². The number of hydrogen-bond donors (Lipinski definition) is 1. The summed E-state index contributed by atoms with van der Waals surface area (Å²) in [7, 11) is -0.328. The predicted molar refractivity (Wildman–Crippen MR) is 127 cm³/mol. The summed E-state index contributed by atoms with van der Waals surface area (Å²) in [6.45, 7) is 5.51. The summed E-state index contributed by atoms with van der Waals surface area (Å²) in [6.07, 6.45) is 2.11. The first-order chi connectivity index (χ1) is 14.2. The first-order valence-electron chi connectivity index (χ1n) is 10.3. The minimum Gasteiger partial charge on any atom is -0.497 e. The van der Waals surface area contributed by atoms with Gasteiger partial charge in [0.1, 0.15) is 5.75 Å². The van der Waals surface area contributed by atoms with Crippen LogP contribution in [-0.4, -0.2) is 25.9 Å². The Bertz CT molecular complexity index is 881. The smallest absolute Gasteiger partial charge is 0.119 e. The van der Waals surface area contributed by atoms with Crippen molar-refractivity contribution in [2.24, 2.45) is 4.74 Å². The molecule has 0 saturated heterocycles. The van der Waals surface area contributed by atoms with E-state index in [1.165, 1.54) is 10.6 Å². The van der Waals surface area contributed by atoms with Crippen LogP contribution in [0.25, 0.3) is 0 Å². The maximum absolute atomic E-state index is 5.47. The molecule has 0 radical (unpaired) electrons. The molecule has 0 aliphatic heterocycles. The molecule has 1 unspecified atom stereocenters. The molecule has 0 fully saturated rings. The van der Waals surface area contributed by atoms with E-state index >= 15 is 0 Å². The largest absolute Gasteiger partial charge is 0.497 e. The molecular formula is C25H31N2OP. The lowest BCUT2D eigenvalue weighted by molar-refractivity contribution is 0.415. The van der Waals surface area contributed by atoms with Gasteiger partial charge in [0.15, 0.2) is 0 Å². The van der Waals surface area contributed by atoms with Gasteiger partial charge in [0, 0.05) is 19.3 Å². The van der Waals surface area contributed by atoms with Crippen LogP contribution in [0.15, 0.2) is 89.7 Å². The van der Waals surface area contributed by atoms with E-state index in [2.05, 4.69) is 92.0 Å². The summed E-state index contributed by atoms with van der Waals surface area (Å²) in [5.74, 6) is 0.852. The molecule has 1 atom stereocenters. The third-order valence-corrected chi connectivity index (χ3v) is 8.96. The monoisotopic (exact) mass is 406 g/mol. The highest BCUT2D eigenvalue weighted by molar-refractivity contribution is 7.81. The summed E-state index contributed by atoms with van der Waals surface area (Å²) < 4.78 is 10.8. The van der Waals surface area contributed by atoms with Crippen molar-refractivity contribution in [3.63, 3.8) is 0 Å². The lowest BCUT2D eigenvalue weighted by atomic mass is 10.3. The van der Waals surface area contributed by atoms with Crippen LogP contribution in [0.3, 0.4) is 0 Å². The van der Waals surface area contributed by atoms with Gasteiger partial charge in [-0.3, -0.25) is 4.74 Å². The van der Waals surface area contributed by atoms with Gasteiger partial charge in [-0.1, -0.05) is 67.6 Å². The molecule has 0 aliphatic carbocycles. The van der Waals surface area contributed by atoms with E-state index in [0.717, 1.165) is 30.6 Å². The zero-order valence-corrected chi connectivity index (χ0v) is 18.5. The van der Waals surface area contributed by atoms with Crippen molar-refractivity contribution < 1.29 is 4.74 Å². The molecule has 3 rings (SSSR count). The number of methoxy groups -OCH3 is 1. The van der Waals surface area contributed by atoms with Crippen LogP contribution in [0, 0.1) is 0 Å². The molecule has 0 saturated carbocycles. The molecule has 3 aromatic carbocycles. The van der Waals surface area contributed by atoms with Gasteiger partial charge < -0.3 is 10.1 Å². The Morgan fingerprint density at radius 3 is 1.90 bits per heavy atom. The SMILES string of the molecule is CCCNC(C)CP(=Nc1ccc(OC)cc1)(c1ccccc1)c1ccccc1. The molecule has 0 aliphatic rings. The van der Waals surface area contributed by atoms with Gasteiger partial charge in [0.05, 0.1) is 12.8 Å². The van der Waals surface area contributed by atoms with E-state index in [1.54, 1.807) is 7.11 Å². The van der Waals surface area contributed by atoms with Gasteiger partial charge >= 0.3 is 0 Å². The van der Waals surface area contributed by atoms with Crippen molar-refractivity contribution in [2.45, 2.75) is 26.3 Å². The Hall–Kier alpha value is -2.35. The molecule has 0 amide bonds. The molecule has 0 heterocycles. The lowest BCUT2D eigenvalue weighted by Gasteiger charge is -2.29. The highest BCUT2D eigenvalue weighted by atomic mass is 31.2. The van der Waals surface area contributed by atoms with Crippen LogP contribution < -0.4 is 20.7 Å². The van der Waals surface area contributed by atoms with Gasteiger partial charge in [-0.25, -0.2) is 0 Å². The fourth-order valence-electron chi connectivity index (χ4n) is 3.56. The van der Waals surface area contributed by atoms with Crippen LogP contribution in [0.5, 0.6) is 5.75 Å². The standard InChI is InChI=1S/C25H31N2OP/c1-4-19-26-21(2)20-29(24-11-7-5-8-12-24,25-13-9-6-10-14-25)27-22-15-17-23(28-3)18-16-22/h5-18,21,26H,4,19-20H2,1-3H3. The fraction of sp³-hybridized carbons (Fsp3) is 0.280.